The molecular formula is C21H24FN3O4. The van der Waals surface area contributed by atoms with E-state index in [1.165, 1.54) is 16.8 Å². The summed E-state index contributed by atoms with van der Waals surface area (Å²) in [5.41, 5.74) is 7.04. The van der Waals surface area contributed by atoms with E-state index in [9.17, 15) is 24.2 Å². The number of fused-ring (bicyclic) bond motifs is 1. The molecule has 2 saturated carbocycles. The smallest absolute Gasteiger partial charge is 0.341 e. The van der Waals surface area contributed by atoms with Crippen molar-refractivity contribution in [2.45, 2.75) is 50.4 Å². The third-order valence-corrected chi connectivity index (χ3v) is 6.94. The number of pyridine rings is 1. The molecule has 5 rings (SSSR count). The molecular weight excluding hydrogens is 377 g/mol. The number of anilines is 1. The van der Waals surface area contributed by atoms with Crippen LogP contribution in [0.2, 0.25) is 0 Å². The summed E-state index contributed by atoms with van der Waals surface area (Å²) >= 11 is 0. The van der Waals surface area contributed by atoms with Gasteiger partial charge in [0.2, 0.25) is 5.43 Å². The average Bonchev–Trinajstić information content (AvgIpc) is 3.53. The lowest BCUT2D eigenvalue weighted by molar-refractivity contribution is 0.0694. The number of halogens is 1. The molecule has 0 radical (unpaired) electrons. The van der Waals surface area contributed by atoms with Crippen LogP contribution in [0.3, 0.4) is 0 Å². The molecule has 1 aromatic heterocycles. The van der Waals surface area contributed by atoms with E-state index in [4.69, 9.17) is 5.73 Å². The minimum atomic E-state index is -1.39. The fraction of sp³-hybridized carbons (Fsp3) is 0.524. The lowest BCUT2D eigenvalue weighted by Crippen LogP contribution is -2.34. The summed E-state index contributed by atoms with van der Waals surface area (Å²) in [7, 11) is 0. The first-order valence-electron chi connectivity index (χ1n) is 10.0. The van der Waals surface area contributed by atoms with Crippen LogP contribution in [-0.4, -0.2) is 45.5 Å². The molecule has 1 aliphatic heterocycles. The number of aromatic nitrogens is 1. The summed E-state index contributed by atoms with van der Waals surface area (Å²) in [4.78, 5) is 26.5. The molecule has 8 heteroatoms. The summed E-state index contributed by atoms with van der Waals surface area (Å²) in [5.74, 6) is -1.27. The van der Waals surface area contributed by atoms with E-state index in [0.29, 0.717) is 11.4 Å². The Labute approximate surface area is 166 Å². The maximum Gasteiger partial charge on any atom is 0.341 e. The number of carboxylic acids is 1. The first kappa shape index (κ1) is 18.4. The van der Waals surface area contributed by atoms with Crippen LogP contribution in [-0.2, 0) is 0 Å². The highest BCUT2D eigenvalue weighted by molar-refractivity contribution is 5.98. The van der Waals surface area contributed by atoms with Crippen LogP contribution < -0.4 is 16.1 Å². The fourth-order valence-corrected chi connectivity index (χ4v) is 4.87. The lowest BCUT2D eigenvalue weighted by Gasteiger charge is -2.25. The van der Waals surface area contributed by atoms with Crippen molar-refractivity contribution in [3.63, 3.8) is 0 Å². The number of aromatic hydroxyl groups is 1. The number of phenols is 1. The third kappa shape index (κ3) is 2.73. The summed E-state index contributed by atoms with van der Waals surface area (Å²) in [6.45, 7) is 3.41. The van der Waals surface area contributed by atoms with E-state index in [1.54, 1.807) is 0 Å². The Bertz CT molecular complexity index is 1110. The molecule has 4 N–H and O–H groups in total. The van der Waals surface area contributed by atoms with Crippen LogP contribution in [0.1, 0.15) is 47.6 Å². The fourth-order valence-electron chi connectivity index (χ4n) is 4.87. The molecule has 3 unspecified atom stereocenters. The molecule has 1 aromatic carbocycles. The van der Waals surface area contributed by atoms with Crippen molar-refractivity contribution in [2.24, 2.45) is 11.7 Å². The quantitative estimate of drug-likeness (QED) is 0.726. The second-order valence-electron chi connectivity index (χ2n) is 8.83. The largest absolute Gasteiger partial charge is 0.507 e. The zero-order valence-electron chi connectivity index (χ0n) is 16.2. The molecule has 29 heavy (non-hydrogen) atoms. The van der Waals surface area contributed by atoms with Crippen molar-refractivity contribution in [1.29, 1.82) is 0 Å². The number of carboxylic acid groups (broad SMARTS) is 1. The highest BCUT2D eigenvalue weighted by Gasteiger charge is 2.48. The number of phenolic OH excluding ortho intramolecular Hbond substituents is 1. The zero-order valence-corrected chi connectivity index (χ0v) is 16.2. The Balaban J connectivity index is 1.68. The maximum atomic E-state index is 13.9. The Morgan fingerprint density at radius 2 is 2.07 bits per heavy atom. The van der Waals surface area contributed by atoms with Crippen molar-refractivity contribution in [3.05, 3.63) is 33.6 Å². The number of benzene rings is 1. The molecule has 3 fully saturated rings. The molecule has 3 atom stereocenters. The zero-order chi connectivity index (χ0) is 20.7. The van der Waals surface area contributed by atoms with E-state index in [1.807, 2.05) is 6.92 Å². The maximum absolute atomic E-state index is 13.9. The number of carbonyl (C=O) groups is 1. The molecule has 1 saturated heterocycles. The molecule has 0 amide bonds. The topological polar surface area (TPSA) is 109 Å². The normalized spacial score (nSPS) is 27.4. The predicted molar refractivity (Wildman–Crippen MR) is 107 cm³/mol. The molecule has 7 nitrogen and oxygen atoms in total. The summed E-state index contributed by atoms with van der Waals surface area (Å²) in [6, 6.07) is 1.02. The molecule has 0 bridgehead atoms. The van der Waals surface area contributed by atoms with Gasteiger partial charge in [-0.1, -0.05) is 0 Å². The molecule has 2 aromatic rings. The number of nitrogens with zero attached hydrogens (tertiary/aromatic N) is 2. The number of hydrogen-bond acceptors (Lipinski definition) is 5. The van der Waals surface area contributed by atoms with Gasteiger partial charge in [-0.25, -0.2) is 9.18 Å². The number of rotatable bonds is 4. The van der Waals surface area contributed by atoms with Gasteiger partial charge in [-0.2, -0.15) is 0 Å². The van der Waals surface area contributed by atoms with Crippen LogP contribution >= 0.6 is 0 Å². The van der Waals surface area contributed by atoms with Gasteiger partial charge in [-0.15, -0.1) is 0 Å². The van der Waals surface area contributed by atoms with Gasteiger partial charge in [-0.05, 0) is 37.7 Å². The van der Waals surface area contributed by atoms with Gasteiger partial charge in [0.1, 0.15) is 17.5 Å². The third-order valence-electron chi connectivity index (χ3n) is 6.94. The minimum absolute atomic E-state index is 0.0570. The molecule has 2 aliphatic carbocycles. The van der Waals surface area contributed by atoms with Gasteiger partial charge in [-0.3, -0.25) is 4.79 Å². The van der Waals surface area contributed by atoms with Crippen LogP contribution in [0.4, 0.5) is 10.1 Å². The van der Waals surface area contributed by atoms with Gasteiger partial charge >= 0.3 is 5.97 Å². The van der Waals surface area contributed by atoms with E-state index in [-0.39, 0.29) is 23.1 Å². The second kappa shape index (κ2) is 5.95. The predicted octanol–water partition coefficient (Wildman–Crippen LogP) is 2.31. The number of aryl methyl sites for hydroxylation is 1. The van der Waals surface area contributed by atoms with Gasteiger partial charge in [0.15, 0.2) is 0 Å². The highest BCUT2D eigenvalue weighted by Crippen LogP contribution is 2.47. The van der Waals surface area contributed by atoms with Crippen LogP contribution in [0.25, 0.3) is 10.9 Å². The van der Waals surface area contributed by atoms with Gasteiger partial charge in [0, 0.05) is 43.0 Å². The van der Waals surface area contributed by atoms with Gasteiger partial charge in [0.25, 0.3) is 0 Å². The first-order chi connectivity index (χ1) is 13.7. The Morgan fingerprint density at radius 1 is 1.38 bits per heavy atom. The van der Waals surface area contributed by atoms with Crippen molar-refractivity contribution in [3.8, 4) is 5.75 Å². The second-order valence-corrected chi connectivity index (χ2v) is 8.83. The van der Waals surface area contributed by atoms with E-state index >= 15 is 0 Å². The first-order valence-corrected chi connectivity index (χ1v) is 10.0. The molecule has 154 valence electrons. The van der Waals surface area contributed by atoms with E-state index in [2.05, 4.69) is 4.90 Å². The summed E-state index contributed by atoms with van der Waals surface area (Å²) < 4.78 is 15.4. The van der Waals surface area contributed by atoms with Crippen molar-refractivity contribution in [1.82, 2.24) is 4.57 Å². The van der Waals surface area contributed by atoms with Gasteiger partial charge in [0.05, 0.1) is 16.9 Å². The van der Waals surface area contributed by atoms with E-state index in [0.717, 1.165) is 43.6 Å². The number of nitrogens with two attached hydrogens (primary N) is 1. The number of aromatic carboxylic acids is 1. The molecule has 2 heterocycles. The van der Waals surface area contributed by atoms with E-state index < -0.39 is 29.2 Å². The Hall–Kier alpha value is -2.61. The van der Waals surface area contributed by atoms with Crippen molar-refractivity contribution in [2.75, 3.05) is 18.0 Å². The van der Waals surface area contributed by atoms with Crippen molar-refractivity contribution >= 4 is 22.6 Å². The monoisotopic (exact) mass is 401 g/mol. The van der Waals surface area contributed by atoms with Crippen LogP contribution in [0.15, 0.2) is 17.1 Å². The van der Waals surface area contributed by atoms with Crippen LogP contribution in [0, 0.1) is 12.8 Å². The Kier molecular flexibility index (Phi) is 3.78. The summed E-state index contributed by atoms with van der Waals surface area (Å²) in [5, 5.41) is 20.1. The molecule has 3 aliphatic rings. The minimum Gasteiger partial charge on any atom is -0.507 e. The summed E-state index contributed by atoms with van der Waals surface area (Å²) in [6.07, 6.45) is 3.43. The number of hydrogen-bond donors (Lipinski definition) is 3. The van der Waals surface area contributed by atoms with Gasteiger partial charge < -0.3 is 25.4 Å². The molecule has 0 spiro atoms. The van der Waals surface area contributed by atoms with Crippen molar-refractivity contribution < 1.29 is 19.4 Å². The average molecular weight is 401 g/mol. The standard InChI is InChI=1S/C21H24FN3O4/c1-10-14(24-5-2-11(8-24)21(23)3-4-21)7-16(26)17-18(10)25(15-6-13(15)22)9-12(19(17)27)20(28)29/h7,9,11,13,15,26H,2-6,8,23H2,1H3,(H,28,29). The van der Waals surface area contributed by atoms with Crippen LogP contribution in [0.5, 0.6) is 5.75 Å². The highest BCUT2D eigenvalue weighted by atomic mass is 19.1. The number of alkyl halides is 1. The lowest BCUT2D eigenvalue weighted by atomic mass is 9.97. The Morgan fingerprint density at radius 3 is 2.66 bits per heavy atom. The SMILES string of the molecule is Cc1c(N2CCC(C3(N)CC3)C2)cc(O)c2c(=O)c(C(=O)O)cn(C3CC3F)c12.